The molecule has 0 aliphatic rings. The zero-order valence-corrected chi connectivity index (χ0v) is 12.5. The fourth-order valence-electron chi connectivity index (χ4n) is 1.87. The molecule has 20 heavy (non-hydrogen) atoms. The van der Waals surface area contributed by atoms with Crippen molar-refractivity contribution >= 4 is 21.6 Å². The molecule has 6 nitrogen and oxygen atoms in total. The van der Waals surface area contributed by atoms with Crippen LogP contribution in [0.3, 0.4) is 0 Å². The third kappa shape index (κ3) is 4.29. The maximum atomic E-state index is 11.8. The predicted molar refractivity (Wildman–Crippen MR) is 78.7 cm³/mol. The van der Waals surface area contributed by atoms with Crippen LogP contribution in [0.25, 0.3) is 0 Å². The Morgan fingerprint density at radius 1 is 1.35 bits per heavy atom. The number of sulfonamides is 1. The van der Waals surface area contributed by atoms with Gasteiger partial charge in [0, 0.05) is 5.69 Å². The lowest BCUT2D eigenvalue weighted by Gasteiger charge is -2.13. The van der Waals surface area contributed by atoms with Crippen LogP contribution in [0.4, 0.5) is 5.69 Å². The van der Waals surface area contributed by atoms with Crippen molar-refractivity contribution in [3.8, 4) is 0 Å². The molecule has 0 radical (unpaired) electrons. The van der Waals surface area contributed by atoms with Gasteiger partial charge in [-0.05, 0) is 30.5 Å². The molecule has 0 aliphatic carbocycles. The lowest BCUT2D eigenvalue weighted by atomic mass is 10.1. The fraction of sp³-hybridized carbons (Fsp3) is 0.462. The maximum absolute atomic E-state index is 11.8. The van der Waals surface area contributed by atoms with Crippen molar-refractivity contribution in [2.24, 2.45) is 10.9 Å². The number of hydrogen-bond acceptors (Lipinski definition) is 4. The number of benzene rings is 1. The molecule has 1 unspecified atom stereocenters. The number of carbonyl (C=O) groups is 1. The van der Waals surface area contributed by atoms with Gasteiger partial charge >= 0.3 is 0 Å². The lowest BCUT2D eigenvalue weighted by Crippen LogP contribution is -2.35. The molecule has 0 aromatic heterocycles. The minimum Gasteiger partial charge on any atom is -0.325 e. The van der Waals surface area contributed by atoms with Crippen molar-refractivity contribution in [1.29, 1.82) is 0 Å². The number of anilines is 1. The highest BCUT2D eigenvalue weighted by Gasteiger charge is 2.16. The van der Waals surface area contributed by atoms with Crippen LogP contribution in [0.1, 0.15) is 32.3 Å². The van der Waals surface area contributed by atoms with E-state index >= 15 is 0 Å². The molecular formula is C13H21N3O3S. The van der Waals surface area contributed by atoms with Gasteiger partial charge in [0.05, 0.1) is 10.9 Å². The molecule has 7 heteroatoms. The van der Waals surface area contributed by atoms with Crippen LogP contribution in [-0.2, 0) is 21.2 Å². The molecule has 112 valence electrons. The Kier molecular flexibility index (Phi) is 5.67. The second kappa shape index (κ2) is 6.83. The topological polar surface area (TPSA) is 115 Å². The van der Waals surface area contributed by atoms with E-state index in [4.69, 9.17) is 10.9 Å². The quantitative estimate of drug-likeness (QED) is 0.725. The molecule has 0 spiro atoms. The summed E-state index contributed by atoms with van der Waals surface area (Å²) in [5.74, 6) is -0.337. The number of rotatable bonds is 6. The minimum absolute atomic E-state index is 0.0295. The number of carbonyl (C=O) groups excluding carboxylic acids is 1. The van der Waals surface area contributed by atoms with Gasteiger partial charge in [0.25, 0.3) is 0 Å². The summed E-state index contributed by atoms with van der Waals surface area (Å²) >= 11 is 0. The Labute approximate surface area is 119 Å². The molecule has 5 N–H and O–H groups in total. The number of nitrogens with one attached hydrogen (secondary N) is 1. The minimum atomic E-state index is -3.82. The highest BCUT2D eigenvalue weighted by Crippen LogP contribution is 2.20. The molecule has 0 fully saturated rings. The smallest absolute Gasteiger partial charge is 0.241 e. The summed E-state index contributed by atoms with van der Waals surface area (Å²) in [5.41, 5.74) is 6.69. The van der Waals surface area contributed by atoms with E-state index in [2.05, 4.69) is 5.32 Å². The standard InChI is InChI=1S/C13H21N3O3S/c1-3-5-11(14)13(17)16-10-7-6-9(4-2)12(8-10)20(15,18)19/h6-8,11H,3-5,14H2,1-2H3,(H,16,17)(H2,15,18,19). The molecule has 1 aromatic carbocycles. The summed E-state index contributed by atoms with van der Waals surface area (Å²) < 4.78 is 23.1. The van der Waals surface area contributed by atoms with E-state index in [0.29, 0.717) is 24.1 Å². The van der Waals surface area contributed by atoms with E-state index in [-0.39, 0.29) is 10.8 Å². The molecule has 0 saturated carbocycles. The van der Waals surface area contributed by atoms with Crippen LogP contribution in [0.5, 0.6) is 0 Å². The molecular weight excluding hydrogens is 278 g/mol. The first-order valence-electron chi connectivity index (χ1n) is 6.51. The fourth-order valence-corrected chi connectivity index (χ4v) is 2.74. The van der Waals surface area contributed by atoms with Crippen molar-refractivity contribution in [2.45, 2.75) is 44.0 Å². The van der Waals surface area contributed by atoms with E-state index in [1.54, 1.807) is 12.1 Å². The number of aryl methyl sites for hydroxylation is 1. The first kappa shape index (κ1) is 16.6. The largest absolute Gasteiger partial charge is 0.325 e. The Morgan fingerprint density at radius 3 is 2.50 bits per heavy atom. The highest BCUT2D eigenvalue weighted by atomic mass is 32.2. The van der Waals surface area contributed by atoms with E-state index in [1.165, 1.54) is 6.07 Å². The van der Waals surface area contributed by atoms with E-state index in [1.807, 2.05) is 13.8 Å². The zero-order valence-electron chi connectivity index (χ0n) is 11.7. The SMILES string of the molecule is CCCC(N)C(=O)Nc1ccc(CC)c(S(N)(=O)=O)c1. The van der Waals surface area contributed by atoms with Crippen LogP contribution in [0.15, 0.2) is 23.1 Å². The molecule has 0 saturated heterocycles. The van der Waals surface area contributed by atoms with Crippen molar-refractivity contribution in [2.75, 3.05) is 5.32 Å². The van der Waals surface area contributed by atoms with Crippen LogP contribution in [0, 0.1) is 0 Å². The van der Waals surface area contributed by atoms with Crippen LogP contribution >= 0.6 is 0 Å². The van der Waals surface area contributed by atoms with Gasteiger partial charge in [-0.25, -0.2) is 13.6 Å². The Balaban J connectivity index is 3.02. The third-order valence-corrected chi connectivity index (χ3v) is 3.95. The lowest BCUT2D eigenvalue weighted by molar-refractivity contribution is -0.117. The second-order valence-corrected chi connectivity index (χ2v) is 6.14. The van der Waals surface area contributed by atoms with Gasteiger partial charge in [0.1, 0.15) is 0 Å². The Bertz CT molecular complexity index is 585. The van der Waals surface area contributed by atoms with Gasteiger partial charge in [-0.2, -0.15) is 0 Å². The molecule has 0 bridgehead atoms. The molecule has 0 aliphatic heterocycles. The Morgan fingerprint density at radius 2 is 2.00 bits per heavy atom. The van der Waals surface area contributed by atoms with Gasteiger partial charge in [0.15, 0.2) is 0 Å². The average molecular weight is 299 g/mol. The van der Waals surface area contributed by atoms with Crippen molar-refractivity contribution in [3.05, 3.63) is 23.8 Å². The van der Waals surface area contributed by atoms with Crippen LogP contribution < -0.4 is 16.2 Å². The number of primary sulfonamides is 1. The summed E-state index contributed by atoms with van der Waals surface area (Å²) in [5, 5.41) is 7.78. The summed E-state index contributed by atoms with van der Waals surface area (Å²) in [6.45, 7) is 3.77. The summed E-state index contributed by atoms with van der Waals surface area (Å²) in [4.78, 5) is 11.8. The second-order valence-electron chi connectivity index (χ2n) is 4.61. The van der Waals surface area contributed by atoms with Crippen molar-refractivity contribution < 1.29 is 13.2 Å². The van der Waals surface area contributed by atoms with E-state index < -0.39 is 16.1 Å². The van der Waals surface area contributed by atoms with Gasteiger partial charge in [-0.1, -0.05) is 26.3 Å². The molecule has 1 amide bonds. The highest BCUT2D eigenvalue weighted by molar-refractivity contribution is 7.89. The van der Waals surface area contributed by atoms with Gasteiger partial charge < -0.3 is 11.1 Å². The summed E-state index contributed by atoms with van der Waals surface area (Å²) in [6, 6.07) is 4.04. The van der Waals surface area contributed by atoms with Gasteiger partial charge in [0.2, 0.25) is 15.9 Å². The number of hydrogen-bond donors (Lipinski definition) is 3. The van der Waals surface area contributed by atoms with E-state index in [9.17, 15) is 13.2 Å². The summed E-state index contributed by atoms with van der Waals surface area (Å²) in [7, 11) is -3.82. The average Bonchev–Trinajstić information content (AvgIpc) is 2.37. The van der Waals surface area contributed by atoms with Crippen LogP contribution in [0.2, 0.25) is 0 Å². The van der Waals surface area contributed by atoms with Crippen molar-refractivity contribution in [1.82, 2.24) is 0 Å². The first-order chi connectivity index (χ1) is 9.29. The summed E-state index contributed by atoms with van der Waals surface area (Å²) in [6.07, 6.45) is 1.90. The molecule has 1 rings (SSSR count). The van der Waals surface area contributed by atoms with Gasteiger partial charge in [-0.15, -0.1) is 0 Å². The van der Waals surface area contributed by atoms with Crippen molar-refractivity contribution in [3.63, 3.8) is 0 Å². The predicted octanol–water partition coefficient (Wildman–Crippen LogP) is 0.962. The maximum Gasteiger partial charge on any atom is 0.241 e. The third-order valence-electron chi connectivity index (χ3n) is 2.96. The number of amides is 1. The Hall–Kier alpha value is -1.44. The van der Waals surface area contributed by atoms with Gasteiger partial charge in [-0.3, -0.25) is 4.79 Å². The molecule has 0 heterocycles. The monoisotopic (exact) mass is 299 g/mol. The van der Waals surface area contributed by atoms with E-state index in [0.717, 1.165) is 6.42 Å². The molecule has 1 aromatic rings. The normalized spacial score (nSPS) is 13.0. The zero-order chi connectivity index (χ0) is 15.3. The van der Waals surface area contributed by atoms with Crippen LogP contribution in [-0.4, -0.2) is 20.4 Å². The first-order valence-corrected chi connectivity index (χ1v) is 8.06. The molecule has 1 atom stereocenters. The number of nitrogens with two attached hydrogens (primary N) is 2.